The van der Waals surface area contributed by atoms with E-state index in [0.29, 0.717) is 17.5 Å². The molecule has 1 heterocycles. The van der Waals surface area contributed by atoms with Gasteiger partial charge in [0.2, 0.25) is 0 Å². The first kappa shape index (κ1) is 18.1. The van der Waals surface area contributed by atoms with Crippen LogP contribution in [0.1, 0.15) is 24.8 Å². The fourth-order valence-corrected chi connectivity index (χ4v) is 3.89. The third-order valence-corrected chi connectivity index (χ3v) is 5.78. The van der Waals surface area contributed by atoms with Gasteiger partial charge in [-0.3, -0.25) is 0 Å². The van der Waals surface area contributed by atoms with Gasteiger partial charge in [0.1, 0.15) is 5.82 Å². The van der Waals surface area contributed by atoms with Crippen LogP contribution in [0.5, 0.6) is 0 Å². The van der Waals surface area contributed by atoms with E-state index in [0.717, 1.165) is 43.6 Å². The van der Waals surface area contributed by atoms with Crippen molar-refractivity contribution in [3.8, 4) is 0 Å². The second kappa shape index (κ2) is 7.39. The maximum absolute atomic E-state index is 13.1. The minimum absolute atomic E-state index is 0.123. The molecule has 0 aromatic heterocycles. The number of rotatable bonds is 5. The van der Waals surface area contributed by atoms with Crippen LogP contribution in [-0.2, 0) is 5.54 Å². The third kappa shape index (κ3) is 4.19. The first-order valence-electron chi connectivity index (χ1n) is 9.37. The Balaban J connectivity index is 1.26. The van der Waals surface area contributed by atoms with Gasteiger partial charge < -0.3 is 15.5 Å². The van der Waals surface area contributed by atoms with Crippen LogP contribution in [-0.4, -0.2) is 25.7 Å². The molecule has 2 aromatic carbocycles. The molecule has 1 saturated heterocycles. The Kier molecular flexibility index (Phi) is 4.96. The lowest BCUT2D eigenvalue weighted by Gasteiger charge is -2.21. The highest BCUT2D eigenvalue weighted by atomic mass is 35.5. The second-order valence-electron chi connectivity index (χ2n) is 7.50. The Morgan fingerprint density at radius 3 is 2.52 bits per heavy atom. The molecule has 0 radical (unpaired) electrons. The van der Waals surface area contributed by atoms with Crippen molar-refractivity contribution in [1.82, 2.24) is 10.6 Å². The first-order chi connectivity index (χ1) is 13.0. The molecule has 1 aliphatic carbocycles. The summed E-state index contributed by atoms with van der Waals surface area (Å²) in [4.78, 5) is 14.6. The number of amides is 2. The molecule has 1 aliphatic heterocycles. The van der Waals surface area contributed by atoms with E-state index in [1.807, 2.05) is 24.3 Å². The quantitative estimate of drug-likeness (QED) is 0.803. The van der Waals surface area contributed by atoms with Crippen LogP contribution in [0, 0.1) is 11.7 Å². The number of halogens is 2. The van der Waals surface area contributed by atoms with Gasteiger partial charge in [-0.2, -0.15) is 0 Å². The van der Waals surface area contributed by atoms with Crippen LogP contribution < -0.4 is 15.5 Å². The Morgan fingerprint density at radius 1 is 1.15 bits per heavy atom. The molecule has 2 aliphatic rings. The largest absolute Gasteiger partial charge is 0.371 e. The highest BCUT2D eigenvalue weighted by Crippen LogP contribution is 2.45. The van der Waals surface area contributed by atoms with Crippen molar-refractivity contribution in [3.63, 3.8) is 0 Å². The highest BCUT2D eigenvalue weighted by Gasteiger charge is 2.45. The van der Waals surface area contributed by atoms with Crippen LogP contribution in [0.3, 0.4) is 0 Å². The molecule has 1 saturated carbocycles. The van der Waals surface area contributed by atoms with E-state index in [2.05, 4.69) is 15.5 Å². The summed E-state index contributed by atoms with van der Waals surface area (Å²) in [6, 6.07) is 14.1. The molecular formula is C21H23ClFN3O. The number of nitrogens with zero attached hydrogens (tertiary/aromatic N) is 1. The number of carbonyl (C=O) groups is 1. The summed E-state index contributed by atoms with van der Waals surface area (Å²) in [6.45, 7) is 2.43. The zero-order valence-electron chi connectivity index (χ0n) is 15.1. The van der Waals surface area contributed by atoms with Gasteiger partial charge in [-0.05, 0) is 67.1 Å². The van der Waals surface area contributed by atoms with Crippen molar-refractivity contribution in [1.29, 1.82) is 0 Å². The Morgan fingerprint density at radius 2 is 1.85 bits per heavy atom. The number of nitrogens with one attached hydrogen (secondary N) is 2. The summed E-state index contributed by atoms with van der Waals surface area (Å²) in [5.41, 5.74) is 1.89. The van der Waals surface area contributed by atoms with Crippen molar-refractivity contribution in [2.24, 2.45) is 5.92 Å². The van der Waals surface area contributed by atoms with Gasteiger partial charge in [0, 0.05) is 30.3 Å². The number of hydrogen-bond acceptors (Lipinski definition) is 2. The van der Waals surface area contributed by atoms with Crippen molar-refractivity contribution >= 4 is 23.3 Å². The van der Waals surface area contributed by atoms with E-state index >= 15 is 0 Å². The SMILES string of the molecule is O=C(NCC1CCN(c2ccc(F)cc2)C1)NC1(c2ccc(Cl)cc2)CC1. The van der Waals surface area contributed by atoms with Gasteiger partial charge in [-0.15, -0.1) is 0 Å². The predicted octanol–water partition coefficient (Wildman–Crippen LogP) is 4.29. The average molecular weight is 388 g/mol. The molecule has 1 unspecified atom stereocenters. The number of hydrogen-bond donors (Lipinski definition) is 2. The minimum Gasteiger partial charge on any atom is -0.371 e. The molecule has 2 amide bonds. The predicted molar refractivity (Wildman–Crippen MR) is 106 cm³/mol. The van der Waals surface area contributed by atoms with Crippen LogP contribution >= 0.6 is 11.6 Å². The van der Waals surface area contributed by atoms with Crippen LogP contribution in [0.25, 0.3) is 0 Å². The van der Waals surface area contributed by atoms with E-state index in [9.17, 15) is 9.18 Å². The molecule has 6 heteroatoms. The summed E-state index contributed by atoms with van der Waals surface area (Å²) >= 11 is 5.95. The molecule has 2 aromatic rings. The average Bonchev–Trinajstić information content (AvgIpc) is 3.28. The Hall–Kier alpha value is -2.27. The van der Waals surface area contributed by atoms with Crippen LogP contribution in [0.4, 0.5) is 14.9 Å². The van der Waals surface area contributed by atoms with E-state index < -0.39 is 0 Å². The van der Waals surface area contributed by atoms with Gasteiger partial charge in [0.05, 0.1) is 5.54 Å². The lowest BCUT2D eigenvalue weighted by molar-refractivity contribution is 0.234. The smallest absolute Gasteiger partial charge is 0.315 e. The van der Waals surface area contributed by atoms with Crippen molar-refractivity contribution in [2.75, 3.05) is 24.5 Å². The second-order valence-corrected chi connectivity index (χ2v) is 7.94. The molecule has 2 N–H and O–H groups in total. The Labute approximate surface area is 163 Å². The topological polar surface area (TPSA) is 44.4 Å². The Bertz CT molecular complexity index is 805. The maximum Gasteiger partial charge on any atom is 0.315 e. The van der Waals surface area contributed by atoms with Gasteiger partial charge in [-0.25, -0.2) is 9.18 Å². The van der Waals surface area contributed by atoms with Crippen molar-refractivity contribution < 1.29 is 9.18 Å². The lowest BCUT2D eigenvalue weighted by Crippen LogP contribution is -2.44. The fraction of sp³-hybridized carbons (Fsp3) is 0.381. The fourth-order valence-electron chi connectivity index (χ4n) is 3.76. The highest BCUT2D eigenvalue weighted by molar-refractivity contribution is 6.30. The van der Waals surface area contributed by atoms with E-state index in [1.54, 1.807) is 12.1 Å². The standard InChI is InChI=1S/C21H23ClFN3O/c22-17-3-1-16(2-4-17)21(10-11-21)25-20(27)24-13-15-9-12-26(14-15)19-7-5-18(23)6-8-19/h1-8,15H,9-14H2,(H2,24,25,27). The molecule has 0 spiro atoms. The molecule has 4 rings (SSSR count). The summed E-state index contributed by atoms with van der Waals surface area (Å²) in [5, 5.41) is 6.85. The van der Waals surface area contributed by atoms with Gasteiger partial charge >= 0.3 is 6.03 Å². The molecule has 142 valence electrons. The van der Waals surface area contributed by atoms with E-state index in [-0.39, 0.29) is 17.4 Å². The summed E-state index contributed by atoms with van der Waals surface area (Å²) in [6.07, 6.45) is 2.91. The molecular weight excluding hydrogens is 365 g/mol. The maximum atomic E-state index is 13.1. The molecule has 4 nitrogen and oxygen atoms in total. The summed E-state index contributed by atoms with van der Waals surface area (Å²) in [5.74, 6) is 0.175. The summed E-state index contributed by atoms with van der Waals surface area (Å²) < 4.78 is 13.1. The zero-order valence-corrected chi connectivity index (χ0v) is 15.8. The van der Waals surface area contributed by atoms with Crippen molar-refractivity contribution in [3.05, 3.63) is 64.9 Å². The van der Waals surface area contributed by atoms with Crippen molar-refractivity contribution in [2.45, 2.75) is 24.8 Å². The normalized spacial score (nSPS) is 20.4. The zero-order chi connectivity index (χ0) is 18.9. The van der Waals surface area contributed by atoms with Gasteiger partial charge in [0.15, 0.2) is 0 Å². The van der Waals surface area contributed by atoms with Crippen LogP contribution in [0.15, 0.2) is 48.5 Å². The number of carbonyl (C=O) groups excluding carboxylic acids is 1. The third-order valence-electron chi connectivity index (χ3n) is 5.53. The van der Waals surface area contributed by atoms with Gasteiger partial charge in [0.25, 0.3) is 0 Å². The molecule has 1 atom stereocenters. The monoisotopic (exact) mass is 387 g/mol. The van der Waals surface area contributed by atoms with Crippen LogP contribution in [0.2, 0.25) is 5.02 Å². The lowest BCUT2D eigenvalue weighted by atomic mass is 10.1. The molecule has 27 heavy (non-hydrogen) atoms. The number of anilines is 1. The minimum atomic E-state index is -0.246. The molecule has 2 fully saturated rings. The van der Waals surface area contributed by atoms with Gasteiger partial charge in [-0.1, -0.05) is 23.7 Å². The van der Waals surface area contributed by atoms with E-state index in [4.69, 9.17) is 11.6 Å². The van der Waals surface area contributed by atoms with E-state index in [1.165, 1.54) is 12.1 Å². The summed E-state index contributed by atoms with van der Waals surface area (Å²) in [7, 11) is 0. The number of urea groups is 1. The number of benzene rings is 2. The molecule has 0 bridgehead atoms. The first-order valence-corrected chi connectivity index (χ1v) is 9.74.